The maximum absolute atomic E-state index is 11.6. The number of nitrogens with one attached hydrogen (secondary N) is 1. The van der Waals surface area contributed by atoms with Crippen molar-refractivity contribution in [1.29, 1.82) is 0 Å². The number of carbonyl (C=O) groups is 1. The van der Waals surface area contributed by atoms with Gasteiger partial charge in [-0.15, -0.1) is 0 Å². The average molecular weight is 287 g/mol. The maximum atomic E-state index is 11.6. The van der Waals surface area contributed by atoms with Gasteiger partial charge in [-0.25, -0.2) is 10.1 Å². The molecule has 0 radical (unpaired) electrons. The molecule has 1 amide bonds. The zero-order chi connectivity index (χ0) is 15.5. The van der Waals surface area contributed by atoms with Crippen molar-refractivity contribution in [3.8, 4) is 0 Å². The Morgan fingerprint density at radius 2 is 1.95 bits per heavy atom. The van der Waals surface area contributed by atoms with Gasteiger partial charge < -0.3 is 5.73 Å². The number of hydrogen-bond acceptors (Lipinski definition) is 6. The van der Waals surface area contributed by atoms with E-state index in [0.29, 0.717) is 0 Å². The molecule has 0 aliphatic carbocycles. The molecule has 0 bridgehead atoms. The number of aromatic nitrogens is 2. The Kier molecular flexibility index (Phi) is 4.02. The summed E-state index contributed by atoms with van der Waals surface area (Å²) < 4.78 is 4.34. The molecule has 21 heavy (non-hydrogen) atoms. The van der Waals surface area contributed by atoms with Crippen LogP contribution in [0.15, 0.2) is 34.0 Å². The molecule has 0 atom stereocenters. The summed E-state index contributed by atoms with van der Waals surface area (Å²) in [5.41, 5.74) is 9.82. The molecule has 0 aliphatic rings. The smallest absolute Gasteiger partial charge is 0.297 e. The van der Waals surface area contributed by atoms with Crippen LogP contribution < -0.4 is 11.2 Å². The highest BCUT2D eigenvalue weighted by Crippen LogP contribution is 2.21. The lowest BCUT2D eigenvalue weighted by Crippen LogP contribution is -2.19. The standard InChI is InChI=1S/C14H17N5O2/c1-14(2,3)10-6-4-9(5-7-10)8-16-17-13(20)11-12(15)19-21-18-11/h4-8H,1-3H3,(H2,15,19)(H,17,20)/b16-8-. The maximum Gasteiger partial charge on any atom is 0.297 e. The topological polar surface area (TPSA) is 106 Å². The summed E-state index contributed by atoms with van der Waals surface area (Å²) in [5.74, 6) is -0.645. The van der Waals surface area contributed by atoms with Gasteiger partial charge in [0, 0.05) is 0 Å². The van der Waals surface area contributed by atoms with Gasteiger partial charge in [-0.2, -0.15) is 5.10 Å². The van der Waals surface area contributed by atoms with Crippen LogP contribution in [-0.2, 0) is 5.41 Å². The average Bonchev–Trinajstić information content (AvgIpc) is 2.84. The highest BCUT2D eigenvalue weighted by atomic mass is 16.6. The first-order chi connectivity index (χ1) is 9.88. The van der Waals surface area contributed by atoms with Crippen LogP contribution in [0.25, 0.3) is 0 Å². The van der Waals surface area contributed by atoms with Gasteiger partial charge in [-0.3, -0.25) is 4.79 Å². The quantitative estimate of drug-likeness (QED) is 0.660. The molecule has 1 heterocycles. The van der Waals surface area contributed by atoms with Crippen LogP contribution in [0, 0.1) is 0 Å². The predicted molar refractivity (Wildman–Crippen MR) is 78.9 cm³/mol. The monoisotopic (exact) mass is 287 g/mol. The first-order valence-corrected chi connectivity index (χ1v) is 6.40. The molecule has 2 rings (SSSR count). The molecule has 3 N–H and O–H groups in total. The van der Waals surface area contributed by atoms with Crippen molar-refractivity contribution in [3.05, 3.63) is 41.1 Å². The number of amides is 1. The van der Waals surface area contributed by atoms with E-state index in [1.807, 2.05) is 24.3 Å². The van der Waals surface area contributed by atoms with Crippen molar-refractivity contribution in [1.82, 2.24) is 15.7 Å². The summed E-state index contributed by atoms with van der Waals surface area (Å²) in [6, 6.07) is 7.93. The summed E-state index contributed by atoms with van der Waals surface area (Å²) >= 11 is 0. The molecule has 2 aromatic rings. The van der Waals surface area contributed by atoms with Gasteiger partial charge in [0.2, 0.25) is 11.5 Å². The molecule has 0 fully saturated rings. The molecule has 7 nitrogen and oxygen atoms in total. The third-order valence-electron chi connectivity index (χ3n) is 2.89. The lowest BCUT2D eigenvalue weighted by atomic mass is 9.87. The van der Waals surface area contributed by atoms with E-state index in [1.165, 1.54) is 11.8 Å². The molecular formula is C14H17N5O2. The lowest BCUT2D eigenvalue weighted by molar-refractivity contribution is 0.0946. The van der Waals surface area contributed by atoms with E-state index in [1.54, 1.807) is 0 Å². The molecule has 0 unspecified atom stereocenters. The molecule has 7 heteroatoms. The highest BCUT2D eigenvalue weighted by Gasteiger charge is 2.15. The number of benzene rings is 1. The Morgan fingerprint density at radius 1 is 1.29 bits per heavy atom. The van der Waals surface area contributed by atoms with Gasteiger partial charge in [0.05, 0.1) is 6.21 Å². The second kappa shape index (κ2) is 5.74. The van der Waals surface area contributed by atoms with Gasteiger partial charge in [0.1, 0.15) is 0 Å². The number of rotatable bonds is 3. The summed E-state index contributed by atoms with van der Waals surface area (Å²) in [4.78, 5) is 11.6. The summed E-state index contributed by atoms with van der Waals surface area (Å²) in [6.45, 7) is 6.44. The minimum absolute atomic E-state index is 0.0720. The van der Waals surface area contributed by atoms with Gasteiger partial charge in [0.25, 0.3) is 5.91 Å². The third kappa shape index (κ3) is 3.65. The van der Waals surface area contributed by atoms with Crippen LogP contribution in [-0.4, -0.2) is 22.4 Å². The minimum Gasteiger partial charge on any atom is -0.379 e. The van der Waals surface area contributed by atoms with Crippen molar-refractivity contribution in [2.24, 2.45) is 5.10 Å². The van der Waals surface area contributed by atoms with E-state index in [9.17, 15) is 4.79 Å². The molecule has 0 saturated heterocycles. The Balaban J connectivity index is 1.99. The third-order valence-corrected chi connectivity index (χ3v) is 2.89. The largest absolute Gasteiger partial charge is 0.379 e. The number of hydrogen-bond donors (Lipinski definition) is 2. The van der Waals surface area contributed by atoms with Crippen LogP contribution >= 0.6 is 0 Å². The molecule has 0 spiro atoms. The Morgan fingerprint density at radius 3 is 2.48 bits per heavy atom. The van der Waals surface area contributed by atoms with Crippen LogP contribution in [0.3, 0.4) is 0 Å². The van der Waals surface area contributed by atoms with Crippen molar-refractivity contribution in [2.45, 2.75) is 26.2 Å². The predicted octanol–water partition coefficient (Wildman–Crippen LogP) is 1.71. The molecule has 0 saturated carbocycles. The molecular weight excluding hydrogens is 270 g/mol. The zero-order valence-electron chi connectivity index (χ0n) is 12.1. The molecule has 1 aromatic carbocycles. The van der Waals surface area contributed by atoms with Gasteiger partial charge in [-0.1, -0.05) is 45.0 Å². The van der Waals surface area contributed by atoms with Gasteiger partial charge >= 0.3 is 0 Å². The zero-order valence-corrected chi connectivity index (χ0v) is 12.1. The van der Waals surface area contributed by atoms with E-state index < -0.39 is 5.91 Å². The number of nitrogens with two attached hydrogens (primary N) is 1. The van der Waals surface area contributed by atoms with E-state index >= 15 is 0 Å². The van der Waals surface area contributed by atoms with Gasteiger partial charge in [-0.05, 0) is 26.9 Å². The number of nitrogens with zero attached hydrogens (tertiary/aromatic N) is 3. The van der Waals surface area contributed by atoms with E-state index in [-0.39, 0.29) is 16.9 Å². The van der Waals surface area contributed by atoms with Crippen LogP contribution in [0.5, 0.6) is 0 Å². The van der Waals surface area contributed by atoms with Crippen LogP contribution in [0.2, 0.25) is 0 Å². The number of carbonyl (C=O) groups excluding carboxylic acids is 1. The van der Waals surface area contributed by atoms with Gasteiger partial charge in [0.15, 0.2) is 0 Å². The number of nitrogen functional groups attached to an aromatic ring is 1. The van der Waals surface area contributed by atoms with E-state index in [2.05, 4.69) is 46.2 Å². The molecule has 1 aromatic heterocycles. The fraction of sp³-hybridized carbons (Fsp3) is 0.286. The SMILES string of the molecule is CC(C)(C)c1ccc(/C=N\NC(=O)c2nonc2N)cc1. The minimum atomic E-state index is -0.573. The second-order valence-electron chi connectivity index (χ2n) is 5.57. The fourth-order valence-electron chi connectivity index (χ4n) is 1.64. The van der Waals surface area contributed by atoms with Crippen molar-refractivity contribution >= 4 is 17.9 Å². The van der Waals surface area contributed by atoms with Crippen molar-refractivity contribution in [2.75, 3.05) is 5.73 Å². The van der Waals surface area contributed by atoms with E-state index in [0.717, 1.165) is 5.56 Å². The fourth-order valence-corrected chi connectivity index (χ4v) is 1.64. The first-order valence-electron chi connectivity index (χ1n) is 6.40. The highest BCUT2D eigenvalue weighted by molar-refractivity contribution is 5.96. The number of anilines is 1. The Labute approximate surface area is 122 Å². The van der Waals surface area contributed by atoms with Crippen LogP contribution in [0.1, 0.15) is 42.4 Å². The second-order valence-corrected chi connectivity index (χ2v) is 5.57. The van der Waals surface area contributed by atoms with E-state index in [4.69, 9.17) is 5.73 Å². The summed E-state index contributed by atoms with van der Waals surface area (Å²) in [6.07, 6.45) is 1.54. The molecule has 0 aliphatic heterocycles. The lowest BCUT2D eigenvalue weighted by Gasteiger charge is -2.18. The number of hydrazone groups is 1. The molecule has 110 valence electrons. The Hall–Kier alpha value is -2.70. The van der Waals surface area contributed by atoms with Crippen molar-refractivity contribution < 1.29 is 9.42 Å². The normalized spacial score (nSPS) is 11.8. The Bertz CT molecular complexity index is 653. The summed E-state index contributed by atoms with van der Waals surface area (Å²) in [5, 5.41) is 10.5. The first kappa shape index (κ1) is 14.7. The van der Waals surface area contributed by atoms with Crippen LogP contribution in [0.4, 0.5) is 5.82 Å². The summed E-state index contributed by atoms with van der Waals surface area (Å²) in [7, 11) is 0. The van der Waals surface area contributed by atoms with Crippen molar-refractivity contribution in [3.63, 3.8) is 0 Å².